The molecular formula is C23H28N4OS. The molecule has 0 saturated carbocycles. The largest absolute Gasteiger partial charge is 0.383 e. The Morgan fingerprint density at radius 1 is 1.21 bits per heavy atom. The molecule has 0 bridgehead atoms. The highest BCUT2D eigenvalue weighted by molar-refractivity contribution is 7.99. The summed E-state index contributed by atoms with van der Waals surface area (Å²) in [6.07, 6.45) is 2.40. The summed E-state index contributed by atoms with van der Waals surface area (Å²) in [5.74, 6) is 2.10. The zero-order valence-electron chi connectivity index (χ0n) is 17.5. The van der Waals surface area contributed by atoms with Crippen molar-refractivity contribution in [1.29, 1.82) is 0 Å². The van der Waals surface area contributed by atoms with E-state index in [0.717, 1.165) is 46.8 Å². The molecule has 4 rings (SSSR count). The van der Waals surface area contributed by atoms with Crippen LogP contribution in [-0.4, -0.2) is 21.5 Å². The summed E-state index contributed by atoms with van der Waals surface area (Å²) in [6, 6.07) is 8.34. The van der Waals surface area contributed by atoms with Crippen LogP contribution < -0.4 is 11.1 Å². The van der Waals surface area contributed by atoms with Crippen molar-refractivity contribution < 1.29 is 4.79 Å². The molecule has 0 unspecified atom stereocenters. The SMILES string of the molecule is CCCSc1nc(N)c2c(n1)NC1=C(C(=O)CC(C)(C)C1)[C@H]2c1ccc(C)cc1. The molecule has 0 amide bonds. The van der Waals surface area contributed by atoms with E-state index in [0.29, 0.717) is 17.4 Å². The Kier molecular flexibility index (Phi) is 5.15. The van der Waals surface area contributed by atoms with Crippen LogP contribution in [0.25, 0.3) is 0 Å². The van der Waals surface area contributed by atoms with Crippen LogP contribution in [0.3, 0.4) is 0 Å². The molecule has 3 N–H and O–H groups in total. The molecule has 0 radical (unpaired) electrons. The number of rotatable bonds is 4. The second kappa shape index (κ2) is 7.48. The van der Waals surface area contributed by atoms with Crippen molar-refractivity contribution in [1.82, 2.24) is 9.97 Å². The topological polar surface area (TPSA) is 80.9 Å². The van der Waals surface area contributed by atoms with E-state index in [1.54, 1.807) is 11.8 Å². The lowest BCUT2D eigenvalue weighted by molar-refractivity contribution is -0.118. The second-order valence-electron chi connectivity index (χ2n) is 8.80. The molecule has 0 fully saturated rings. The van der Waals surface area contributed by atoms with Crippen molar-refractivity contribution in [2.24, 2.45) is 5.41 Å². The molecule has 1 aliphatic carbocycles. The predicted octanol–water partition coefficient (Wildman–Crippen LogP) is 5.07. The third kappa shape index (κ3) is 3.78. The maximum Gasteiger partial charge on any atom is 0.191 e. The lowest BCUT2D eigenvalue weighted by Crippen LogP contribution is -2.34. The lowest BCUT2D eigenvalue weighted by atomic mass is 9.69. The highest BCUT2D eigenvalue weighted by atomic mass is 32.2. The molecule has 5 nitrogen and oxygen atoms in total. The molecule has 1 aromatic heterocycles. The molecule has 1 atom stereocenters. The predicted molar refractivity (Wildman–Crippen MR) is 119 cm³/mol. The Balaban J connectivity index is 1.89. The number of benzene rings is 1. The van der Waals surface area contributed by atoms with Crippen molar-refractivity contribution in [3.05, 3.63) is 52.2 Å². The van der Waals surface area contributed by atoms with Gasteiger partial charge >= 0.3 is 0 Å². The maximum atomic E-state index is 13.2. The van der Waals surface area contributed by atoms with E-state index in [-0.39, 0.29) is 17.1 Å². The number of carbonyl (C=O) groups excluding carboxylic acids is 1. The summed E-state index contributed by atoms with van der Waals surface area (Å²) in [7, 11) is 0. The quantitative estimate of drug-likeness (QED) is 0.543. The maximum absolute atomic E-state index is 13.2. The van der Waals surface area contributed by atoms with Crippen LogP contribution in [-0.2, 0) is 4.79 Å². The van der Waals surface area contributed by atoms with Gasteiger partial charge in [0.15, 0.2) is 10.9 Å². The zero-order valence-corrected chi connectivity index (χ0v) is 18.3. The number of Topliss-reactive ketones (excluding diaryl/α,β-unsaturated/α-hetero) is 1. The highest BCUT2D eigenvalue weighted by Crippen LogP contribution is 2.50. The molecule has 1 aliphatic heterocycles. The number of nitrogens with zero attached hydrogens (tertiary/aromatic N) is 2. The average molecular weight is 409 g/mol. The first-order valence-electron chi connectivity index (χ1n) is 10.2. The van der Waals surface area contributed by atoms with Crippen LogP contribution in [0.4, 0.5) is 11.6 Å². The standard InChI is InChI=1S/C23H28N4OS/c1-5-10-29-22-26-20(24)19-17(14-8-6-13(2)7-9-14)18-15(25-21(19)27-22)11-23(3,4)12-16(18)28/h6-9,17H,5,10-12H2,1-4H3,(H3,24,25,26,27)/t17-/m1/s1. The molecule has 29 heavy (non-hydrogen) atoms. The van der Waals surface area contributed by atoms with Gasteiger partial charge in [-0.3, -0.25) is 4.79 Å². The van der Waals surface area contributed by atoms with E-state index in [2.05, 4.69) is 62.3 Å². The minimum Gasteiger partial charge on any atom is -0.383 e. The van der Waals surface area contributed by atoms with E-state index in [4.69, 9.17) is 10.7 Å². The van der Waals surface area contributed by atoms with E-state index in [1.807, 2.05) is 0 Å². The Hall–Kier alpha value is -2.34. The monoisotopic (exact) mass is 408 g/mol. The minimum absolute atomic E-state index is 0.0728. The van der Waals surface area contributed by atoms with Gasteiger partial charge < -0.3 is 11.1 Å². The van der Waals surface area contributed by atoms with Gasteiger partial charge in [0.1, 0.15) is 11.6 Å². The first-order valence-corrected chi connectivity index (χ1v) is 11.2. The van der Waals surface area contributed by atoms with E-state index >= 15 is 0 Å². The fraction of sp³-hybridized carbons (Fsp3) is 0.435. The molecule has 2 aliphatic rings. The van der Waals surface area contributed by atoms with Gasteiger partial charge in [0, 0.05) is 34.9 Å². The fourth-order valence-electron chi connectivity index (χ4n) is 4.26. The number of carbonyl (C=O) groups is 1. The van der Waals surface area contributed by atoms with Crippen LogP contribution in [0, 0.1) is 12.3 Å². The molecule has 152 valence electrons. The van der Waals surface area contributed by atoms with Crippen molar-refractivity contribution in [2.75, 3.05) is 16.8 Å². The number of ketones is 1. The summed E-state index contributed by atoms with van der Waals surface area (Å²) in [6.45, 7) is 8.48. The molecule has 2 heterocycles. The summed E-state index contributed by atoms with van der Waals surface area (Å²) >= 11 is 1.61. The Morgan fingerprint density at radius 2 is 1.93 bits per heavy atom. The number of nitrogens with one attached hydrogen (secondary N) is 1. The number of anilines is 2. The molecule has 6 heteroatoms. The number of hydrogen-bond donors (Lipinski definition) is 2. The first-order chi connectivity index (χ1) is 13.8. The zero-order chi connectivity index (χ0) is 20.8. The van der Waals surface area contributed by atoms with Gasteiger partial charge in [0.05, 0.1) is 0 Å². The van der Waals surface area contributed by atoms with Gasteiger partial charge in [-0.15, -0.1) is 0 Å². The van der Waals surface area contributed by atoms with E-state index in [9.17, 15) is 4.79 Å². The van der Waals surface area contributed by atoms with Crippen LogP contribution in [0.15, 0.2) is 40.7 Å². The van der Waals surface area contributed by atoms with Gasteiger partial charge in [-0.05, 0) is 30.7 Å². The third-order valence-electron chi connectivity index (χ3n) is 5.57. The van der Waals surface area contributed by atoms with Gasteiger partial charge in [-0.2, -0.15) is 0 Å². The van der Waals surface area contributed by atoms with Crippen LogP contribution in [0.2, 0.25) is 0 Å². The van der Waals surface area contributed by atoms with Crippen LogP contribution in [0.1, 0.15) is 62.6 Å². The minimum atomic E-state index is -0.226. The molecule has 0 saturated heterocycles. The number of aryl methyl sites for hydroxylation is 1. The normalized spacial score (nSPS) is 20.1. The number of fused-ring (bicyclic) bond motifs is 1. The third-order valence-corrected chi connectivity index (χ3v) is 6.62. The Labute approximate surface area is 176 Å². The van der Waals surface area contributed by atoms with Gasteiger partial charge in [0.2, 0.25) is 0 Å². The fourth-order valence-corrected chi connectivity index (χ4v) is 4.97. The smallest absolute Gasteiger partial charge is 0.191 e. The van der Waals surface area contributed by atoms with Crippen LogP contribution >= 0.6 is 11.8 Å². The number of nitrogen functional groups attached to an aromatic ring is 1. The molecule has 0 spiro atoms. The number of nitrogens with two attached hydrogens (primary N) is 1. The number of allylic oxidation sites excluding steroid dienone is 2. The summed E-state index contributed by atoms with van der Waals surface area (Å²) in [5, 5.41) is 4.15. The Morgan fingerprint density at radius 3 is 2.62 bits per heavy atom. The van der Waals surface area contributed by atoms with Crippen molar-refractivity contribution in [2.45, 2.75) is 58.0 Å². The van der Waals surface area contributed by atoms with Gasteiger partial charge in [0.25, 0.3) is 0 Å². The lowest BCUT2D eigenvalue weighted by Gasteiger charge is -2.39. The average Bonchev–Trinajstić information content (AvgIpc) is 2.64. The molecule has 1 aromatic carbocycles. The van der Waals surface area contributed by atoms with Crippen molar-refractivity contribution in [3.8, 4) is 0 Å². The van der Waals surface area contributed by atoms with E-state index in [1.165, 1.54) is 5.56 Å². The van der Waals surface area contributed by atoms with Crippen LogP contribution in [0.5, 0.6) is 0 Å². The van der Waals surface area contributed by atoms with E-state index < -0.39 is 0 Å². The Bertz CT molecular complexity index is 995. The second-order valence-corrected chi connectivity index (χ2v) is 9.87. The number of thioether (sulfide) groups is 1. The molecular weight excluding hydrogens is 380 g/mol. The van der Waals surface area contributed by atoms with Crippen molar-refractivity contribution in [3.63, 3.8) is 0 Å². The van der Waals surface area contributed by atoms with Crippen molar-refractivity contribution >= 4 is 29.2 Å². The molecule has 2 aromatic rings. The highest BCUT2D eigenvalue weighted by Gasteiger charge is 2.42. The van der Waals surface area contributed by atoms with Gasteiger partial charge in [-0.25, -0.2) is 9.97 Å². The summed E-state index contributed by atoms with van der Waals surface area (Å²) < 4.78 is 0. The number of hydrogen-bond acceptors (Lipinski definition) is 6. The first kappa shape index (κ1) is 20.0. The summed E-state index contributed by atoms with van der Waals surface area (Å²) in [5.41, 5.74) is 11.2. The van der Waals surface area contributed by atoms with Gasteiger partial charge in [-0.1, -0.05) is 62.4 Å². The summed E-state index contributed by atoms with van der Waals surface area (Å²) in [4.78, 5) is 22.6. The number of aromatic nitrogens is 2.